The number of hydrogen-bond acceptors (Lipinski definition) is 4. The molecule has 3 rings (SSSR count). The van der Waals surface area contributed by atoms with E-state index in [9.17, 15) is 18.0 Å². The van der Waals surface area contributed by atoms with E-state index in [-0.39, 0.29) is 29.5 Å². The van der Waals surface area contributed by atoms with Gasteiger partial charge in [-0.3, -0.25) is 9.78 Å². The van der Waals surface area contributed by atoms with Crippen LogP contribution in [0.4, 0.5) is 13.2 Å². The minimum Gasteiger partial charge on any atom is -0.493 e. The van der Waals surface area contributed by atoms with Gasteiger partial charge in [-0.05, 0) is 37.6 Å². The summed E-state index contributed by atoms with van der Waals surface area (Å²) < 4.78 is 46.8. The summed E-state index contributed by atoms with van der Waals surface area (Å²) in [5.41, 5.74) is 0.547. The maximum Gasteiger partial charge on any atom is 0.422 e. The highest BCUT2D eigenvalue weighted by atomic mass is 19.4. The summed E-state index contributed by atoms with van der Waals surface area (Å²) in [7, 11) is 0. The molecule has 28 heavy (non-hydrogen) atoms. The second-order valence-electron chi connectivity index (χ2n) is 6.78. The average Bonchev–Trinajstić information content (AvgIpc) is 3.45. The van der Waals surface area contributed by atoms with E-state index in [2.05, 4.69) is 15.0 Å². The molecule has 0 bridgehead atoms. The van der Waals surface area contributed by atoms with Crippen molar-refractivity contribution in [2.75, 3.05) is 13.2 Å². The lowest BCUT2D eigenvalue weighted by Gasteiger charge is -2.14. The number of alkyl halides is 3. The minimum atomic E-state index is -4.40. The van der Waals surface area contributed by atoms with Gasteiger partial charge in [0.25, 0.3) is 0 Å². The molecule has 1 aliphatic carbocycles. The molecule has 1 unspecified atom stereocenters. The Morgan fingerprint density at radius 1 is 1.18 bits per heavy atom. The molecule has 5 nitrogen and oxygen atoms in total. The van der Waals surface area contributed by atoms with Crippen molar-refractivity contribution in [3.05, 3.63) is 54.4 Å². The molecule has 0 radical (unpaired) electrons. The number of carbonyl (C=O) groups excluding carboxylic acids is 1. The predicted molar refractivity (Wildman–Crippen MR) is 95.9 cm³/mol. The minimum absolute atomic E-state index is 0.0277. The molecular weight excluding hydrogens is 373 g/mol. The smallest absolute Gasteiger partial charge is 0.422 e. The number of pyridine rings is 1. The number of amides is 1. The van der Waals surface area contributed by atoms with E-state index in [4.69, 9.17) is 4.74 Å². The van der Waals surface area contributed by atoms with Crippen LogP contribution < -0.4 is 14.8 Å². The number of halogens is 3. The van der Waals surface area contributed by atoms with E-state index < -0.39 is 12.8 Å². The summed E-state index contributed by atoms with van der Waals surface area (Å²) in [5.74, 6) is 0.811. The lowest BCUT2D eigenvalue weighted by molar-refractivity contribution is -0.153. The zero-order valence-corrected chi connectivity index (χ0v) is 15.3. The molecule has 1 aliphatic rings. The number of hydrogen-bond donors (Lipinski definition) is 1. The van der Waals surface area contributed by atoms with E-state index in [1.165, 1.54) is 12.3 Å². The van der Waals surface area contributed by atoms with Crippen molar-refractivity contribution in [3.8, 4) is 11.5 Å². The van der Waals surface area contributed by atoms with Gasteiger partial charge in [-0.15, -0.1) is 0 Å². The number of nitrogens with zero attached hydrogens (tertiary/aromatic N) is 1. The zero-order chi connectivity index (χ0) is 20.1. The first-order chi connectivity index (χ1) is 13.3. The fourth-order valence-corrected chi connectivity index (χ4v) is 2.77. The van der Waals surface area contributed by atoms with Gasteiger partial charge < -0.3 is 14.8 Å². The van der Waals surface area contributed by atoms with Gasteiger partial charge in [0.15, 0.2) is 6.61 Å². The highest BCUT2D eigenvalue weighted by molar-refractivity contribution is 5.81. The van der Waals surface area contributed by atoms with Crippen LogP contribution in [0, 0.1) is 11.8 Å². The highest BCUT2D eigenvalue weighted by Crippen LogP contribution is 2.39. The van der Waals surface area contributed by atoms with E-state index in [1.54, 1.807) is 13.0 Å². The third kappa shape index (κ3) is 5.87. The van der Waals surface area contributed by atoms with Gasteiger partial charge in [0, 0.05) is 11.8 Å². The maximum absolute atomic E-state index is 12.3. The van der Waals surface area contributed by atoms with Crippen LogP contribution >= 0.6 is 0 Å². The van der Waals surface area contributed by atoms with Crippen LogP contribution in [0.2, 0.25) is 0 Å². The van der Waals surface area contributed by atoms with Gasteiger partial charge in [0.05, 0.1) is 24.5 Å². The Hall–Kier alpha value is -2.77. The Bertz CT molecular complexity index is 782. The Morgan fingerprint density at radius 2 is 1.93 bits per heavy atom. The zero-order valence-electron chi connectivity index (χ0n) is 15.3. The molecule has 0 saturated heterocycles. The molecule has 1 aromatic heterocycles. The molecule has 8 heteroatoms. The molecule has 2 aromatic rings. The molecule has 150 valence electrons. The molecule has 1 N–H and O–H groups in total. The summed E-state index contributed by atoms with van der Waals surface area (Å²) in [6.07, 6.45) is -2.41. The lowest BCUT2D eigenvalue weighted by atomic mass is 10.2. The second-order valence-corrected chi connectivity index (χ2v) is 6.78. The molecule has 1 amide bonds. The Balaban J connectivity index is 1.43. The van der Waals surface area contributed by atoms with Gasteiger partial charge >= 0.3 is 6.18 Å². The largest absolute Gasteiger partial charge is 0.493 e. The summed E-state index contributed by atoms with van der Waals surface area (Å²) in [5, 5.41) is 2.88. The van der Waals surface area contributed by atoms with E-state index in [0.717, 1.165) is 12.2 Å². The average molecular weight is 394 g/mol. The first-order valence-corrected chi connectivity index (χ1v) is 8.95. The molecule has 1 aromatic carbocycles. The van der Waals surface area contributed by atoms with Crippen LogP contribution in [0.25, 0.3) is 0 Å². The Kier molecular flexibility index (Phi) is 6.06. The third-order valence-electron chi connectivity index (χ3n) is 4.43. The van der Waals surface area contributed by atoms with Crippen LogP contribution in [-0.4, -0.2) is 30.3 Å². The molecule has 0 aliphatic heterocycles. The van der Waals surface area contributed by atoms with Crippen molar-refractivity contribution in [2.45, 2.75) is 25.6 Å². The van der Waals surface area contributed by atoms with Gasteiger partial charge in [-0.25, -0.2) is 0 Å². The molecular formula is C20H21F3N2O3. The van der Waals surface area contributed by atoms with Crippen molar-refractivity contribution in [3.63, 3.8) is 0 Å². The van der Waals surface area contributed by atoms with Crippen molar-refractivity contribution in [1.29, 1.82) is 0 Å². The van der Waals surface area contributed by atoms with Crippen LogP contribution in [0.3, 0.4) is 0 Å². The lowest BCUT2D eigenvalue weighted by Crippen LogP contribution is -2.29. The number of nitrogens with one attached hydrogen (secondary N) is 1. The summed E-state index contributed by atoms with van der Waals surface area (Å²) in [6.45, 7) is 0.892. The number of benzene rings is 1. The monoisotopic (exact) mass is 394 g/mol. The van der Waals surface area contributed by atoms with Gasteiger partial charge in [0.1, 0.15) is 11.5 Å². The predicted octanol–water partition coefficient (Wildman–Crippen LogP) is 3.92. The van der Waals surface area contributed by atoms with Crippen LogP contribution in [-0.2, 0) is 4.79 Å². The molecule has 1 saturated carbocycles. The van der Waals surface area contributed by atoms with E-state index in [0.29, 0.717) is 12.3 Å². The number of aromatic nitrogens is 1. The number of para-hydroxylation sites is 1. The second kappa shape index (κ2) is 8.50. The van der Waals surface area contributed by atoms with Gasteiger partial charge in [0.2, 0.25) is 5.91 Å². The van der Waals surface area contributed by atoms with Crippen molar-refractivity contribution in [2.24, 2.45) is 11.8 Å². The maximum atomic E-state index is 12.3. The molecule has 1 fully saturated rings. The molecule has 0 spiro atoms. The number of rotatable bonds is 8. The molecule has 3 atom stereocenters. The van der Waals surface area contributed by atoms with Gasteiger partial charge in [-0.1, -0.05) is 18.2 Å². The summed E-state index contributed by atoms with van der Waals surface area (Å²) >= 11 is 0. The van der Waals surface area contributed by atoms with Crippen LogP contribution in [0.5, 0.6) is 11.5 Å². The van der Waals surface area contributed by atoms with E-state index >= 15 is 0 Å². The third-order valence-corrected chi connectivity index (χ3v) is 4.43. The summed E-state index contributed by atoms with van der Waals surface area (Å²) in [4.78, 5) is 16.4. The first-order valence-electron chi connectivity index (χ1n) is 8.95. The SMILES string of the molecule is C[C@@H](NC(=O)C1C[C@@H]1COc1ccccc1)c1ccc(OCC(F)(F)F)cn1. The quantitative estimate of drug-likeness (QED) is 0.737. The van der Waals surface area contributed by atoms with Crippen molar-refractivity contribution in [1.82, 2.24) is 10.3 Å². The van der Waals surface area contributed by atoms with Crippen molar-refractivity contribution < 1.29 is 27.4 Å². The number of ether oxygens (including phenoxy) is 2. The van der Waals surface area contributed by atoms with Crippen molar-refractivity contribution >= 4 is 5.91 Å². The summed E-state index contributed by atoms with van der Waals surface area (Å²) in [6, 6.07) is 12.0. The van der Waals surface area contributed by atoms with Crippen LogP contribution in [0.1, 0.15) is 25.1 Å². The number of carbonyl (C=O) groups is 1. The van der Waals surface area contributed by atoms with E-state index in [1.807, 2.05) is 30.3 Å². The Labute approximate surface area is 160 Å². The Morgan fingerprint density at radius 3 is 2.57 bits per heavy atom. The van der Waals surface area contributed by atoms with Gasteiger partial charge in [-0.2, -0.15) is 13.2 Å². The topological polar surface area (TPSA) is 60.5 Å². The standard InChI is InChI=1S/C20H21F3N2O3/c1-13(18-8-7-16(10-24-18)28-12-20(21,22)23)25-19(26)17-9-14(17)11-27-15-5-3-2-4-6-15/h2-8,10,13-14,17H,9,11-12H2,1H3,(H,25,26)/t13-,14-,17?/m1/s1. The fourth-order valence-electron chi connectivity index (χ4n) is 2.77. The fraction of sp³-hybridized carbons (Fsp3) is 0.400. The normalized spacial score (nSPS) is 19.6. The first kappa shape index (κ1) is 20.0. The van der Waals surface area contributed by atoms with Crippen LogP contribution in [0.15, 0.2) is 48.7 Å². The molecule has 1 heterocycles. The highest BCUT2D eigenvalue weighted by Gasteiger charge is 2.43.